The fourth-order valence-electron chi connectivity index (χ4n) is 1.19. The third-order valence-corrected chi connectivity index (χ3v) is 2.07. The van der Waals surface area contributed by atoms with Gasteiger partial charge in [-0.15, -0.1) is 0 Å². The summed E-state index contributed by atoms with van der Waals surface area (Å²) in [6.45, 7) is 5.78. The molecule has 0 aliphatic heterocycles. The first kappa shape index (κ1) is 10.6. The van der Waals surface area contributed by atoms with Crippen molar-refractivity contribution in [1.29, 1.82) is 5.41 Å². The summed E-state index contributed by atoms with van der Waals surface area (Å²) in [5.74, 6) is 0.836. The summed E-state index contributed by atoms with van der Waals surface area (Å²) in [6.07, 6.45) is -0.364. The van der Waals surface area contributed by atoms with Crippen LogP contribution >= 0.6 is 0 Å². The number of rotatable bonds is 3. The Hall–Kier alpha value is -1.51. The molecule has 76 valence electrons. The Kier molecular flexibility index (Phi) is 3.12. The van der Waals surface area contributed by atoms with Gasteiger partial charge in [-0.1, -0.05) is 17.7 Å². The van der Waals surface area contributed by atoms with Crippen LogP contribution in [0.4, 0.5) is 0 Å². The van der Waals surface area contributed by atoms with E-state index in [9.17, 15) is 0 Å². The number of hydrogen-bond donors (Lipinski definition) is 2. The van der Waals surface area contributed by atoms with Crippen molar-refractivity contribution in [2.24, 2.45) is 5.73 Å². The van der Waals surface area contributed by atoms with Crippen LogP contribution < -0.4 is 10.5 Å². The second kappa shape index (κ2) is 4.13. The Bertz CT molecular complexity index is 347. The molecule has 0 aliphatic carbocycles. The number of ether oxygens (including phenoxy) is 1. The highest BCUT2D eigenvalue weighted by molar-refractivity contribution is 5.81. The zero-order valence-electron chi connectivity index (χ0n) is 8.79. The first-order valence-electron chi connectivity index (χ1n) is 4.58. The molecular formula is C11H16N2O. The number of aryl methyl sites for hydroxylation is 2. The van der Waals surface area contributed by atoms with Gasteiger partial charge >= 0.3 is 0 Å². The van der Waals surface area contributed by atoms with Crippen molar-refractivity contribution in [1.82, 2.24) is 0 Å². The molecule has 0 saturated heterocycles. The van der Waals surface area contributed by atoms with Crippen molar-refractivity contribution in [2.45, 2.75) is 26.9 Å². The first-order valence-corrected chi connectivity index (χ1v) is 4.58. The lowest BCUT2D eigenvalue weighted by Crippen LogP contribution is -2.30. The lowest BCUT2D eigenvalue weighted by Gasteiger charge is -2.15. The minimum absolute atomic E-state index is 0.0463. The van der Waals surface area contributed by atoms with E-state index in [1.54, 1.807) is 6.92 Å². The molecule has 0 aromatic heterocycles. The quantitative estimate of drug-likeness (QED) is 0.568. The molecule has 3 heteroatoms. The van der Waals surface area contributed by atoms with Gasteiger partial charge in [-0.2, -0.15) is 0 Å². The van der Waals surface area contributed by atoms with Crippen molar-refractivity contribution in [3.8, 4) is 5.75 Å². The maximum absolute atomic E-state index is 7.22. The van der Waals surface area contributed by atoms with Crippen LogP contribution in [-0.4, -0.2) is 11.9 Å². The van der Waals surface area contributed by atoms with Crippen molar-refractivity contribution in [3.05, 3.63) is 29.3 Å². The molecule has 1 aromatic carbocycles. The van der Waals surface area contributed by atoms with E-state index in [1.165, 1.54) is 5.56 Å². The highest BCUT2D eigenvalue weighted by atomic mass is 16.5. The molecule has 14 heavy (non-hydrogen) atoms. The normalized spacial score (nSPS) is 12.2. The third kappa shape index (κ3) is 2.49. The fraction of sp³-hybridized carbons (Fsp3) is 0.364. The van der Waals surface area contributed by atoms with E-state index in [-0.39, 0.29) is 11.9 Å². The highest BCUT2D eigenvalue weighted by Gasteiger charge is 2.08. The lowest BCUT2D eigenvalue weighted by molar-refractivity contribution is 0.283. The highest BCUT2D eigenvalue weighted by Crippen LogP contribution is 2.19. The van der Waals surface area contributed by atoms with Gasteiger partial charge in [0, 0.05) is 0 Å². The van der Waals surface area contributed by atoms with Crippen molar-refractivity contribution < 1.29 is 4.74 Å². The summed E-state index contributed by atoms with van der Waals surface area (Å²) in [5, 5.41) is 7.22. The van der Waals surface area contributed by atoms with Crippen LogP contribution in [0.15, 0.2) is 18.2 Å². The predicted octanol–water partition coefficient (Wildman–Crippen LogP) is 2.01. The molecule has 3 N–H and O–H groups in total. The monoisotopic (exact) mass is 192 g/mol. The number of nitrogens with two attached hydrogens (primary N) is 1. The Morgan fingerprint density at radius 1 is 1.43 bits per heavy atom. The molecule has 1 aromatic rings. The Labute approximate surface area is 84.4 Å². The minimum atomic E-state index is -0.364. The zero-order chi connectivity index (χ0) is 10.7. The molecule has 0 radical (unpaired) electrons. The maximum atomic E-state index is 7.22. The summed E-state index contributed by atoms with van der Waals surface area (Å²) in [7, 11) is 0. The lowest BCUT2D eigenvalue weighted by atomic mass is 10.1. The molecule has 3 nitrogen and oxygen atoms in total. The van der Waals surface area contributed by atoms with Gasteiger partial charge in [0.2, 0.25) is 0 Å². The molecule has 1 unspecified atom stereocenters. The summed E-state index contributed by atoms with van der Waals surface area (Å²) in [6, 6.07) is 5.93. The van der Waals surface area contributed by atoms with E-state index in [0.29, 0.717) is 0 Å². The average molecular weight is 192 g/mol. The molecule has 0 aliphatic rings. The van der Waals surface area contributed by atoms with E-state index in [0.717, 1.165) is 11.3 Å². The number of hydrogen-bond acceptors (Lipinski definition) is 2. The van der Waals surface area contributed by atoms with Crippen molar-refractivity contribution in [3.63, 3.8) is 0 Å². The maximum Gasteiger partial charge on any atom is 0.152 e. The van der Waals surface area contributed by atoms with Gasteiger partial charge < -0.3 is 10.5 Å². The van der Waals surface area contributed by atoms with E-state index in [4.69, 9.17) is 15.9 Å². The molecule has 0 fully saturated rings. The molecule has 0 spiro atoms. The van der Waals surface area contributed by atoms with Gasteiger partial charge in [-0.25, -0.2) is 0 Å². The van der Waals surface area contributed by atoms with Gasteiger partial charge in [0.15, 0.2) is 6.10 Å². The number of benzene rings is 1. The van der Waals surface area contributed by atoms with E-state index in [2.05, 4.69) is 0 Å². The molecule has 0 heterocycles. The van der Waals surface area contributed by atoms with E-state index < -0.39 is 0 Å². The third-order valence-electron chi connectivity index (χ3n) is 2.07. The van der Waals surface area contributed by atoms with Crippen LogP contribution in [0.25, 0.3) is 0 Å². The summed E-state index contributed by atoms with van der Waals surface area (Å²) >= 11 is 0. The number of nitrogens with one attached hydrogen (secondary N) is 1. The van der Waals surface area contributed by atoms with Crippen molar-refractivity contribution in [2.75, 3.05) is 0 Å². The van der Waals surface area contributed by atoms with Crippen LogP contribution in [0.5, 0.6) is 5.75 Å². The Balaban J connectivity index is 2.82. The zero-order valence-corrected chi connectivity index (χ0v) is 8.79. The predicted molar refractivity (Wildman–Crippen MR) is 57.9 cm³/mol. The molecule has 1 atom stereocenters. The van der Waals surface area contributed by atoms with Gasteiger partial charge in [0.1, 0.15) is 11.6 Å². The largest absolute Gasteiger partial charge is 0.483 e. The smallest absolute Gasteiger partial charge is 0.152 e. The Morgan fingerprint density at radius 3 is 2.57 bits per heavy atom. The molecule has 0 saturated carbocycles. The minimum Gasteiger partial charge on any atom is -0.483 e. The number of amidine groups is 1. The molecule has 1 rings (SSSR count). The molecule has 0 bridgehead atoms. The van der Waals surface area contributed by atoms with Gasteiger partial charge in [0.25, 0.3) is 0 Å². The van der Waals surface area contributed by atoms with Crippen LogP contribution in [0.3, 0.4) is 0 Å². The molecule has 0 amide bonds. The van der Waals surface area contributed by atoms with Crippen LogP contribution in [0, 0.1) is 19.3 Å². The van der Waals surface area contributed by atoms with Gasteiger partial charge in [-0.05, 0) is 32.4 Å². The molecular weight excluding hydrogens is 176 g/mol. The summed E-state index contributed by atoms with van der Waals surface area (Å²) < 4.78 is 5.51. The second-order valence-electron chi connectivity index (χ2n) is 3.48. The van der Waals surface area contributed by atoms with E-state index in [1.807, 2.05) is 32.0 Å². The van der Waals surface area contributed by atoms with Crippen LogP contribution in [0.1, 0.15) is 18.1 Å². The topological polar surface area (TPSA) is 59.1 Å². The summed E-state index contributed by atoms with van der Waals surface area (Å²) in [4.78, 5) is 0. The second-order valence-corrected chi connectivity index (χ2v) is 3.48. The van der Waals surface area contributed by atoms with Crippen LogP contribution in [-0.2, 0) is 0 Å². The van der Waals surface area contributed by atoms with Crippen molar-refractivity contribution >= 4 is 5.84 Å². The van der Waals surface area contributed by atoms with E-state index >= 15 is 0 Å². The average Bonchev–Trinajstić information content (AvgIpc) is 2.09. The van der Waals surface area contributed by atoms with Crippen LogP contribution in [0.2, 0.25) is 0 Å². The fourth-order valence-corrected chi connectivity index (χ4v) is 1.19. The van der Waals surface area contributed by atoms with Gasteiger partial charge in [-0.3, -0.25) is 5.41 Å². The first-order chi connectivity index (χ1) is 6.50. The van der Waals surface area contributed by atoms with Gasteiger partial charge in [0.05, 0.1) is 0 Å². The standard InChI is InChI=1S/C11H16N2O/c1-7-4-5-10(8(2)6-7)14-9(3)11(12)13/h4-6,9H,1-3H3,(H3,12,13). The SMILES string of the molecule is Cc1ccc(OC(C)C(=N)N)c(C)c1. The Morgan fingerprint density at radius 2 is 2.07 bits per heavy atom. The summed E-state index contributed by atoms with van der Waals surface area (Å²) in [5.41, 5.74) is 7.59.